The quantitative estimate of drug-likeness (QED) is 0.350. The van der Waals surface area contributed by atoms with Crippen LogP contribution in [0.4, 0.5) is 0 Å². The average Bonchev–Trinajstić information content (AvgIpc) is 0. The Kier molecular flexibility index (Phi) is 1550. The van der Waals surface area contributed by atoms with E-state index >= 15 is 0 Å². The van der Waals surface area contributed by atoms with Crippen LogP contribution < -0.4 is 0 Å². The molecule has 0 unspecified atom stereocenters. The summed E-state index contributed by atoms with van der Waals surface area (Å²) in [4.78, 5) is 0. The average molecular weight is 138 g/mol. The van der Waals surface area contributed by atoms with Gasteiger partial charge in [0.25, 0.3) is 0 Å². The summed E-state index contributed by atoms with van der Waals surface area (Å²) in [5, 5.41) is 0. The molecule has 0 bridgehead atoms. The van der Waals surface area contributed by atoms with Gasteiger partial charge in [0.05, 0.1) is 0 Å². The molecule has 0 rings (SSSR count). The van der Waals surface area contributed by atoms with Gasteiger partial charge >= 0.3 is 22.4 Å². The van der Waals surface area contributed by atoms with E-state index in [1.54, 1.807) is 0 Å². The third kappa shape index (κ3) is 15.1. The van der Waals surface area contributed by atoms with Gasteiger partial charge in [-0.1, -0.05) is 0 Å². The summed E-state index contributed by atoms with van der Waals surface area (Å²) >= 11 is 0. The minimum absolute atomic E-state index is 0. The van der Waals surface area contributed by atoms with Gasteiger partial charge < -0.3 is 22.3 Å². The Morgan fingerprint density at radius 1 is 0.500 bits per heavy atom. The summed E-state index contributed by atoms with van der Waals surface area (Å²) in [5.74, 6) is 0. The molecule has 0 spiro atoms. The van der Waals surface area contributed by atoms with E-state index in [0.29, 0.717) is 0 Å². The molecule has 0 nitrogen and oxygen atoms in total. The van der Waals surface area contributed by atoms with Crippen LogP contribution in [0.25, 0.3) is 0 Å². The van der Waals surface area contributed by atoms with Crippen LogP contribution in [0.5, 0.6) is 0 Å². The smallest absolute Gasteiger partial charge is 0.358 e. The van der Waals surface area contributed by atoms with E-state index in [-0.39, 0.29) is 44.7 Å². The maximum atomic E-state index is 0. The van der Waals surface area contributed by atoms with Gasteiger partial charge in [-0.3, -0.25) is 0 Å². The normalized spacial score (nSPS) is 0. The van der Waals surface area contributed by atoms with E-state index < -0.39 is 0 Å². The van der Waals surface area contributed by atoms with Crippen molar-refractivity contribution in [2.75, 3.05) is 0 Å². The predicted octanol–water partition coefficient (Wildman–Crippen LogP) is 1.35. The first-order valence-corrected chi connectivity index (χ1v) is 0. The molecule has 0 atom stereocenters. The minimum atomic E-state index is 0. The molecule has 0 amide bonds. The zero-order chi connectivity index (χ0) is 0. The fourth-order valence-corrected chi connectivity index (χ4v) is 0. The van der Waals surface area contributed by atoms with E-state index in [0.717, 1.165) is 0 Å². The molecule has 1 heteroatoms. The van der Waals surface area contributed by atoms with Crippen molar-refractivity contribution in [2.45, 2.75) is 0 Å². The van der Waals surface area contributed by atoms with Gasteiger partial charge in [-0.05, 0) is 0 Å². The Hall–Kier alpha value is 0.740. The van der Waals surface area contributed by atoms with Crippen molar-refractivity contribution in [3.63, 3.8) is 0 Å². The molecule has 4 heavy (non-hydrogen) atoms. The molecule has 0 aromatic heterocycles. The summed E-state index contributed by atoms with van der Waals surface area (Å²) in [7, 11) is 0. The van der Waals surface area contributed by atoms with Crippen molar-refractivity contribution < 1.29 is 22.4 Å². The van der Waals surface area contributed by atoms with Crippen molar-refractivity contribution in [1.82, 2.24) is 0 Å². The second kappa shape index (κ2) is 51.3. The zero-order valence-electron chi connectivity index (χ0n) is 3.45. The van der Waals surface area contributed by atoms with Crippen LogP contribution in [0.3, 0.4) is 0 Å². The van der Waals surface area contributed by atoms with Gasteiger partial charge in [0.1, 0.15) is 0 Å². The van der Waals surface area contributed by atoms with Crippen LogP contribution in [-0.2, 0) is 22.4 Å². The second-order valence-electron chi connectivity index (χ2n) is 0. The fourth-order valence-electron chi connectivity index (χ4n) is 0. The van der Waals surface area contributed by atoms with Gasteiger partial charge in [-0.15, -0.1) is 0 Å². The van der Waals surface area contributed by atoms with E-state index in [1.807, 2.05) is 0 Å². The Morgan fingerprint density at radius 2 is 0.500 bits per heavy atom. The van der Waals surface area contributed by atoms with Crippen molar-refractivity contribution in [2.24, 2.45) is 0 Å². The third-order valence-corrected chi connectivity index (χ3v) is 0. The Balaban J connectivity index is 0. The standard InChI is InChI=1S/3CH3.Nb/h3*1H3;/q3*-1;+3. The maximum absolute atomic E-state index is 0. The van der Waals surface area contributed by atoms with Crippen LogP contribution in [0.1, 0.15) is 0 Å². The Morgan fingerprint density at radius 3 is 0.500 bits per heavy atom. The molecule has 0 saturated carbocycles. The molecule has 0 aliphatic carbocycles. The summed E-state index contributed by atoms with van der Waals surface area (Å²) in [5.41, 5.74) is 0. The molecule has 0 fully saturated rings. The van der Waals surface area contributed by atoms with Crippen LogP contribution in [0.15, 0.2) is 0 Å². The van der Waals surface area contributed by atoms with Crippen molar-refractivity contribution >= 4 is 0 Å². The first kappa shape index (κ1) is 121. The van der Waals surface area contributed by atoms with Gasteiger partial charge in [0, 0.05) is 0 Å². The SMILES string of the molecule is [CH3-].[CH3-].[CH3-].[Nb+3]. The molecule has 0 aromatic carbocycles. The number of hydrogen-bond acceptors (Lipinski definition) is 0. The first-order chi connectivity index (χ1) is 0. The molecule has 0 aromatic rings. The van der Waals surface area contributed by atoms with Gasteiger partial charge in [-0.25, -0.2) is 0 Å². The molecule has 0 saturated heterocycles. The molecule has 0 N–H and O–H groups in total. The first-order valence-electron chi connectivity index (χ1n) is 0. The molecule has 0 radical (unpaired) electrons. The monoisotopic (exact) mass is 138 g/mol. The molecule has 0 aliphatic heterocycles. The van der Waals surface area contributed by atoms with Gasteiger partial charge in [0.2, 0.25) is 0 Å². The summed E-state index contributed by atoms with van der Waals surface area (Å²) in [6, 6.07) is 0. The minimum Gasteiger partial charge on any atom is -0.358 e. The second-order valence-corrected chi connectivity index (χ2v) is 0. The van der Waals surface area contributed by atoms with Crippen molar-refractivity contribution in [3.05, 3.63) is 22.3 Å². The molecular formula is C3H9Nb. The predicted molar refractivity (Wildman–Crippen MR) is 19.2 cm³/mol. The summed E-state index contributed by atoms with van der Waals surface area (Å²) in [6.07, 6.45) is 0. The van der Waals surface area contributed by atoms with E-state index in [2.05, 4.69) is 0 Å². The van der Waals surface area contributed by atoms with Crippen LogP contribution in [0, 0.1) is 22.3 Å². The Labute approximate surface area is 45.1 Å². The fraction of sp³-hybridized carbons (Fsp3) is 0. The number of rotatable bonds is 0. The molecule has 26 valence electrons. The van der Waals surface area contributed by atoms with E-state index in [4.69, 9.17) is 0 Å². The molecular weight excluding hydrogens is 129 g/mol. The van der Waals surface area contributed by atoms with E-state index in [9.17, 15) is 0 Å². The molecule has 0 aliphatic rings. The van der Waals surface area contributed by atoms with Crippen LogP contribution in [0.2, 0.25) is 0 Å². The van der Waals surface area contributed by atoms with Crippen LogP contribution >= 0.6 is 0 Å². The van der Waals surface area contributed by atoms with Crippen LogP contribution in [-0.4, -0.2) is 0 Å². The van der Waals surface area contributed by atoms with Gasteiger partial charge in [-0.2, -0.15) is 0 Å². The zero-order valence-corrected chi connectivity index (χ0v) is 5.65. The third-order valence-electron chi connectivity index (χ3n) is 0. The Bertz CT molecular complexity index is 3.25. The molecule has 0 heterocycles. The van der Waals surface area contributed by atoms with Gasteiger partial charge in [0.15, 0.2) is 0 Å². The van der Waals surface area contributed by atoms with Crippen molar-refractivity contribution in [3.8, 4) is 0 Å². The van der Waals surface area contributed by atoms with Crippen molar-refractivity contribution in [1.29, 1.82) is 0 Å². The maximum Gasteiger partial charge on any atom is 3.00 e. The summed E-state index contributed by atoms with van der Waals surface area (Å²) < 4.78 is 0. The topological polar surface area (TPSA) is 0 Å². The summed E-state index contributed by atoms with van der Waals surface area (Å²) in [6.45, 7) is 0. The van der Waals surface area contributed by atoms with E-state index in [1.165, 1.54) is 0 Å². The largest absolute Gasteiger partial charge is 3.00 e. The number of hydrogen-bond donors (Lipinski definition) is 0.